The van der Waals surface area contributed by atoms with Crippen LogP contribution in [-0.4, -0.2) is 18.6 Å². The summed E-state index contributed by atoms with van der Waals surface area (Å²) >= 11 is 0. The van der Waals surface area contributed by atoms with Crippen molar-refractivity contribution in [3.05, 3.63) is 29.3 Å². The van der Waals surface area contributed by atoms with Crippen molar-refractivity contribution in [2.24, 2.45) is 0 Å². The average Bonchev–Trinajstić information content (AvgIpc) is 2.36. The van der Waals surface area contributed by atoms with Crippen LogP contribution in [0.5, 0.6) is 0 Å². The molecule has 0 fully saturated rings. The van der Waals surface area contributed by atoms with E-state index in [1.54, 1.807) is 0 Å². The van der Waals surface area contributed by atoms with E-state index in [9.17, 15) is 4.79 Å². The molecule has 0 saturated heterocycles. The smallest absolute Gasteiger partial charge is 0.246 e. The fourth-order valence-electron chi connectivity index (χ4n) is 2.46. The number of hydrogen-bond acceptors (Lipinski definition) is 3. The summed E-state index contributed by atoms with van der Waals surface area (Å²) in [6.07, 6.45) is 3.16. The van der Waals surface area contributed by atoms with E-state index in [0.29, 0.717) is 0 Å². The molecule has 1 aliphatic rings. The van der Waals surface area contributed by atoms with Crippen molar-refractivity contribution < 1.29 is 9.53 Å². The van der Waals surface area contributed by atoms with Gasteiger partial charge in [-0.25, -0.2) is 0 Å². The Labute approximate surface area is 114 Å². The highest BCUT2D eigenvalue weighted by atomic mass is 16.5. The minimum Gasteiger partial charge on any atom is -0.399 e. The van der Waals surface area contributed by atoms with Crippen molar-refractivity contribution in [2.75, 3.05) is 12.3 Å². The second-order valence-corrected chi connectivity index (χ2v) is 5.33. The van der Waals surface area contributed by atoms with Crippen LogP contribution >= 0.6 is 0 Å². The number of nitrogens with two attached hydrogens (primary N) is 1. The van der Waals surface area contributed by atoms with Gasteiger partial charge in [0.25, 0.3) is 0 Å². The molecule has 2 rings (SSSR count). The Balaban J connectivity index is 2.01. The van der Waals surface area contributed by atoms with E-state index < -0.39 is 0 Å². The molecule has 3 N–H and O–H groups in total. The number of rotatable bonds is 4. The van der Waals surface area contributed by atoms with Crippen molar-refractivity contribution in [2.45, 2.75) is 45.3 Å². The fraction of sp³-hybridized carbons (Fsp3) is 0.533. The number of aryl methyl sites for hydroxylation is 1. The number of fused-ring (bicyclic) bond motifs is 1. The highest BCUT2D eigenvalue weighted by Crippen LogP contribution is 2.30. The van der Waals surface area contributed by atoms with Crippen LogP contribution in [-0.2, 0) is 16.0 Å². The SMILES string of the molecule is CC(C)OCC(=O)NC1CCCc2cc(N)ccc21. The third kappa shape index (κ3) is 3.70. The van der Waals surface area contributed by atoms with Gasteiger partial charge in [-0.05, 0) is 56.4 Å². The van der Waals surface area contributed by atoms with Gasteiger partial charge in [-0.1, -0.05) is 6.07 Å². The predicted molar refractivity (Wildman–Crippen MR) is 75.8 cm³/mol. The molecule has 0 spiro atoms. The standard InChI is InChI=1S/C15H22N2O2/c1-10(2)19-9-15(18)17-14-5-3-4-11-8-12(16)6-7-13(11)14/h6-8,10,14H,3-5,9,16H2,1-2H3,(H,17,18). The summed E-state index contributed by atoms with van der Waals surface area (Å²) in [6.45, 7) is 3.97. The van der Waals surface area contributed by atoms with Gasteiger partial charge in [-0.15, -0.1) is 0 Å². The molecule has 0 bridgehead atoms. The molecule has 1 aromatic rings. The van der Waals surface area contributed by atoms with E-state index in [0.717, 1.165) is 24.9 Å². The highest BCUT2D eigenvalue weighted by molar-refractivity contribution is 5.77. The van der Waals surface area contributed by atoms with Crippen LogP contribution in [0.2, 0.25) is 0 Å². The van der Waals surface area contributed by atoms with E-state index >= 15 is 0 Å². The third-order valence-corrected chi connectivity index (χ3v) is 3.36. The molecule has 0 aliphatic heterocycles. The number of hydrogen-bond donors (Lipinski definition) is 2. The Kier molecular flexibility index (Phi) is 4.43. The predicted octanol–water partition coefficient (Wildman–Crippen LogP) is 2.19. The molecule has 4 heteroatoms. The fourth-order valence-corrected chi connectivity index (χ4v) is 2.46. The minimum absolute atomic E-state index is 0.0524. The zero-order valence-electron chi connectivity index (χ0n) is 11.6. The molecule has 1 amide bonds. The second-order valence-electron chi connectivity index (χ2n) is 5.33. The van der Waals surface area contributed by atoms with Gasteiger partial charge < -0.3 is 15.8 Å². The van der Waals surface area contributed by atoms with Crippen molar-refractivity contribution in [3.8, 4) is 0 Å². The quantitative estimate of drug-likeness (QED) is 0.817. The van der Waals surface area contributed by atoms with Gasteiger partial charge in [0.1, 0.15) is 6.61 Å². The number of nitrogens with one attached hydrogen (secondary N) is 1. The number of carbonyl (C=O) groups excluding carboxylic acids is 1. The van der Waals surface area contributed by atoms with E-state index in [1.165, 1.54) is 11.1 Å². The number of amides is 1. The first kappa shape index (κ1) is 13.9. The van der Waals surface area contributed by atoms with Crippen molar-refractivity contribution in [3.63, 3.8) is 0 Å². The Morgan fingerprint density at radius 2 is 2.32 bits per heavy atom. The van der Waals surface area contributed by atoms with Crippen LogP contribution in [0.4, 0.5) is 5.69 Å². The molecular weight excluding hydrogens is 240 g/mol. The summed E-state index contributed by atoms with van der Waals surface area (Å²) < 4.78 is 5.32. The van der Waals surface area contributed by atoms with E-state index in [-0.39, 0.29) is 24.7 Å². The monoisotopic (exact) mass is 262 g/mol. The summed E-state index contributed by atoms with van der Waals surface area (Å²) in [4.78, 5) is 11.8. The summed E-state index contributed by atoms with van der Waals surface area (Å²) in [6, 6.07) is 6.03. The molecule has 0 saturated carbocycles. The zero-order chi connectivity index (χ0) is 13.8. The largest absolute Gasteiger partial charge is 0.399 e. The van der Waals surface area contributed by atoms with Crippen LogP contribution in [0.15, 0.2) is 18.2 Å². The van der Waals surface area contributed by atoms with Crippen LogP contribution in [0.1, 0.15) is 43.9 Å². The van der Waals surface area contributed by atoms with Crippen LogP contribution in [0, 0.1) is 0 Å². The van der Waals surface area contributed by atoms with Gasteiger partial charge in [-0.2, -0.15) is 0 Å². The summed E-state index contributed by atoms with van der Waals surface area (Å²) in [5, 5.41) is 3.05. The molecule has 0 aromatic heterocycles. The summed E-state index contributed by atoms with van der Waals surface area (Å²) in [7, 11) is 0. The molecule has 1 aliphatic carbocycles. The zero-order valence-corrected chi connectivity index (χ0v) is 11.6. The van der Waals surface area contributed by atoms with E-state index in [2.05, 4.69) is 5.32 Å². The molecule has 1 aromatic carbocycles. The minimum atomic E-state index is -0.0524. The van der Waals surface area contributed by atoms with Gasteiger partial charge in [0, 0.05) is 5.69 Å². The Morgan fingerprint density at radius 3 is 3.05 bits per heavy atom. The normalized spacial score (nSPS) is 18.2. The Bertz CT molecular complexity index is 457. The average molecular weight is 262 g/mol. The first-order valence-corrected chi connectivity index (χ1v) is 6.85. The number of benzene rings is 1. The van der Waals surface area contributed by atoms with Gasteiger partial charge in [0.15, 0.2) is 0 Å². The van der Waals surface area contributed by atoms with Crippen molar-refractivity contribution in [1.82, 2.24) is 5.32 Å². The number of anilines is 1. The molecule has 19 heavy (non-hydrogen) atoms. The van der Waals surface area contributed by atoms with Gasteiger partial charge >= 0.3 is 0 Å². The highest BCUT2D eigenvalue weighted by Gasteiger charge is 2.21. The Morgan fingerprint density at radius 1 is 1.53 bits per heavy atom. The maximum absolute atomic E-state index is 11.8. The molecule has 104 valence electrons. The van der Waals surface area contributed by atoms with Crippen molar-refractivity contribution in [1.29, 1.82) is 0 Å². The summed E-state index contributed by atoms with van der Waals surface area (Å²) in [5.41, 5.74) is 9.03. The molecule has 0 heterocycles. The molecule has 1 unspecified atom stereocenters. The van der Waals surface area contributed by atoms with Crippen molar-refractivity contribution >= 4 is 11.6 Å². The van der Waals surface area contributed by atoms with E-state index in [1.807, 2.05) is 32.0 Å². The van der Waals surface area contributed by atoms with Gasteiger partial charge in [0.2, 0.25) is 5.91 Å². The lowest BCUT2D eigenvalue weighted by Gasteiger charge is -2.26. The van der Waals surface area contributed by atoms with Crippen LogP contribution < -0.4 is 11.1 Å². The first-order chi connectivity index (χ1) is 9.06. The lowest BCUT2D eigenvalue weighted by molar-refractivity contribution is -0.127. The third-order valence-electron chi connectivity index (χ3n) is 3.36. The summed E-state index contributed by atoms with van der Waals surface area (Å²) in [5.74, 6) is -0.0524. The first-order valence-electron chi connectivity index (χ1n) is 6.85. The lowest BCUT2D eigenvalue weighted by atomic mass is 9.87. The molecule has 4 nitrogen and oxygen atoms in total. The lowest BCUT2D eigenvalue weighted by Crippen LogP contribution is -2.34. The van der Waals surface area contributed by atoms with Gasteiger partial charge in [0.05, 0.1) is 12.1 Å². The van der Waals surface area contributed by atoms with Crippen LogP contribution in [0.25, 0.3) is 0 Å². The number of carbonyl (C=O) groups is 1. The molecule has 1 atom stereocenters. The number of ether oxygens (including phenoxy) is 1. The topological polar surface area (TPSA) is 64.3 Å². The Hall–Kier alpha value is -1.55. The van der Waals surface area contributed by atoms with Gasteiger partial charge in [-0.3, -0.25) is 4.79 Å². The maximum Gasteiger partial charge on any atom is 0.246 e. The maximum atomic E-state index is 11.8. The van der Waals surface area contributed by atoms with Crippen LogP contribution in [0.3, 0.4) is 0 Å². The number of nitrogen functional groups attached to an aromatic ring is 1. The molecule has 0 radical (unpaired) electrons. The molecular formula is C15H22N2O2. The van der Waals surface area contributed by atoms with E-state index in [4.69, 9.17) is 10.5 Å². The second kappa shape index (κ2) is 6.06.